The van der Waals surface area contributed by atoms with Gasteiger partial charge >= 0.3 is 5.97 Å². The number of carbonyl (C=O) groups is 1. The molecule has 0 saturated heterocycles. The predicted octanol–water partition coefficient (Wildman–Crippen LogP) is -0.316. The van der Waals surface area contributed by atoms with E-state index in [-0.39, 0.29) is 6.54 Å². The van der Waals surface area contributed by atoms with E-state index >= 15 is 0 Å². The summed E-state index contributed by atoms with van der Waals surface area (Å²) in [4.78, 5) is 10.1. The number of nitrogens with zero attached hydrogens (tertiary/aromatic N) is 1. The van der Waals surface area contributed by atoms with Crippen molar-refractivity contribution in [3.8, 4) is 6.07 Å². The van der Waals surface area contributed by atoms with E-state index in [2.05, 4.69) is 4.72 Å². The highest BCUT2D eigenvalue weighted by molar-refractivity contribution is 7.90. The Labute approximate surface area is 82.6 Å². The first-order valence-corrected chi connectivity index (χ1v) is 5.69. The second-order valence-corrected chi connectivity index (χ2v) is 4.47. The Kier molecular flexibility index (Phi) is 5.83. The fourth-order valence-corrected chi connectivity index (χ4v) is 1.65. The minimum Gasteiger partial charge on any atom is -0.480 e. The maximum absolute atomic E-state index is 10.9. The Bertz CT molecular complexity index is 317. The van der Waals surface area contributed by atoms with Crippen LogP contribution in [0.1, 0.15) is 19.3 Å². The number of rotatable bonds is 7. The van der Waals surface area contributed by atoms with Crippen LogP contribution in [0.5, 0.6) is 0 Å². The summed E-state index contributed by atoms with van der Waals surface area (Å²) in [6.07, 6.45) is 1.51. The van der Waals surface area contributed by atoms with Crippen molar-refractivity contribution >= 4 is 16.0 Å². The summed E-state index contributed by atoms with van der Waals surface area (Å²) in [5, 5.41) is 16.4. The highest BCUT2D eigenvalue weighted by Crippen LogP contribution is 1.93. The number of nitrogens with one attached hydrogen (secondary N) is 1. The van der Waals surface area contributed by atoms with E-state index in [1.807, 2.05) is 6.07 Å². The standard InChI is InChI=1S/C7H12N2O4S/c8-4-2-1-3-5-9-14(12,13)6-7(10)11/h9H,1-3,5-6H2,(H,10,11). The van der Waals surface area contributed by atoms with E-state index in [1.165, 1.54) is 0 Å². The fraction of sp³-hybridized carbons (Fsp3) is 0.714. The molecule has 80 valence electrons. The highest BCUT2D eigenvalue weighted by atomic mass is 32.2. The van der Waals surface area contributed by atoms with Gasteiger partial charge in [-0.15, -0.1) is 0 Å². The van der Waals surface area contributed by atoms with Crippen molar-refractivity contribution < 1.29 is 18.3 Å². The number of unbranched alkanes of at least 4 members (excludes halogenated alkanes) is 2. The van der Waals surface area contributed by atoms with Gasteiger partial charge in [-0.1, -0.05) is 0 Å². The minimum atomic E-state index is -3.70. The Morgan fingerprint density at radius 3 is 2.57 bits per heavy atom. The molecular formula is C7H12N2O4S. The van der Waals surface area contributed by atoms with Crippen LogP contribution < -0.4 is 4.72 Å². The molecule has 0 fully saturated rings. The van der Waals surface area contributed by atoms with Crippen LogP contribution in [-0.4, -0.2) is 31.8 Å². The molecule has 0 aromatic rings. The van der Waals surface area contributed by atoms with E-state index in [0.29, 0.717) is 19.3 Å². The average molecular weight is 220 g/mol. The van der Waals surface area contributed by atoms with Crippen LogP contribution in [0.15, 0.2) is 0 Å². The fourth-order valence-electron chi connectivity index (χ4n) is 0.770. The summed E-state index contributed by atoms with van der Waals surface area (Å²) in [6, 6.07) is 1.93. The van der Waals surface area contributed by atoms with Crippen LogP contribution in [-0.2, 0) is 14.8 Å². The summed E-state index contributed by atoms with van der Waals surface area (Å²) in [7, 11) is -3.70. The van der Waals surface area contributed by atoms with Crippen molar-refractivity contribution in [1.29, 1.82) is 5.26 Å². The molecule has 0 radical (unpaired) electrons. The zero-order valence-corrected chi connectivity index (χ0v) is 8.38. The van der Waals surface area contributed by atoms with Crippen LogP contribution >= 0.6 is 0 Å². The van der Waals surface area contributed by atoms with Crippen LogP contribution in [0.3, 0.4) is 0 Å². The van der Waals surface area contributed by atoms with Gasteiger partial charge in [-0.25, -0.2) is 13.1 Å². The van der Waals surface area contributed by atoms with Gasteiger partial charge in [-0.3, -0.25) is 4.79 Å². The first-order chi connectivity index (χ1) is 6.48. The van der Waals surface area contributed by atoms with Gasteiger partial charge in [0.25, 0.3) is 0 Å². The third-order valence-electron chi connectivity index (χ3n) is 1.35. The lowest BCUT2D eigenvalue weighted by Crippen LogP contribution is -2.30. The van der Waals surface area contributed by atoms with E-state index in [9.17, 15) is 13.2 Å². The van der Waals surface area contributed by atoms with E-state index < -0.39 is 21.7 Å². The number of hydrogen-bond donors (Lipinski definition) is 2. The van der Waals surface area contributed by atoms with Crippen molar-refractivity contribution in [3.05, 3.63) is 0 Å². The molecule has 0 spiro atoms. The van der Waals surface area contributed by atoms with Crippen LogP contribution in [0, 0.1) is 11.3 Å². The average Bonchev–Trinajstić information content (AvgIpc) is 2.01. The molecule has 6 nitrogen and oxygen atoms in total. The van der Waals surface area contributed by atoms with Gasteiger partial charge in [0.05, 0.1) is 6.07 Å². The predicted molar refractivity (Wildman–Crippen MR) is 48.9 cm³/mol. The third kappa shape index (κ3) is 7.52. The highest BCUT2D eigenvalue weighted by Gasteiger charge is 2.13. The number of hydrogen-bond acceptors (Lipinski definition) is 4. The smallest absolute Gasteiger partial charge is 0.320 e. The lowest BCUT2D eigenvalue weighted by molar-refractivity contribution is -0.134. The molecule has 0 atom stereocenters. The monoisotopic (exact) mass is 220 g/mol. The van der Waals surface area contributed by atoms with Crippen LogP contribution in [0.2, 0.25) is 0 Å². The van der Waals surface area contributed by atoms with Gasteiger partial charge in [0.1, 0.15) is 0 Å². The number of carboxylic acid groups (broad SMARTS) is 1. The van der Waals surface area contributed by atoms with Gasteiger partial charge in [0, 0.05) is 13.0 Å². The van der Waals surface area contributed by atoms with Crippen molar-refractivity contribution in [3.63, 3.8) is 0 Å². The molecule has 0 saturated carbocycles. The van der Waals surface area contributed by atoms with Crippen molar-refractivity contribution in [1.82, 2.24) is 4.72 Å². The van der Waals surface area contributed by atoms with Crippen molar-refractivity contribution in [2.75, 3.05) is 12.3 Å². The molecule has 0 aliphatic heterocycles. The maximum atomic E-state index is 10.9. The van der Waals surface area contributed by atoms with E-state index in [0.717, 1.165) is 0 Å². The molecule has 0 amide bonds. The zero-order valence-electron chi connectivity index (χ0n) is 7.56. The Morgan fingerprint density at radius 2 is 2.07 bits per heavy atom. The first kappa shape index (κ1) is 12.9. The largest absolute Gasteiger partial charge is 0.480 e. The normalized spacial score (nSPS) is 10.8. The Hall–Kier alpha value is -1.13. The maximum Gasteiger partial charge on any atom is 0.320 e. The van der Waals surface area contributed by atoms with Gasteiger partial charge in [0.2, 0.25) is 10.0 Å². The summed E-state index contributed by atoms with van der Waals surface area (Å²) >= 11 is 0. The lowest BCUT2D eigenvalue weighted by atomic mass is 10.2. The summed E-state index contributed by atoms with van der Waals surface area (Å²) in [5.41, 5.74) is 0. The molecule has 0 unspecified atom stereocenters. The molecule has 0 heterocycles. The van der Waals surface area contributed by atoms with Gasteiger partial charge in [-0.2, -0.15) is 5.26 Å². The van der Waals surface area contributed by atoms with Crippen LogP contribution in [0.25, 0.3) is 0 Å². The molecule has 0 aliphatic carbocycles. The summed E-state index contributed by atoms with van der Waals surface area (Å²) < 4.78 is 24.0. The third-order valence-corrected chi connectivity index (χ3v) is 2.62. The molecule has 2 N–H and O–H groups in total. The number of carboxylic acids is 1. The zero-order chi connectivity index (χ0) is 11.0. The Balaban J connectivity index is 3.68. The second-order valence-electron chi connectivity index (χ2n) is 2.66. The number of nitriles is 1. The second kappa shape index (κ2) is 6.34. The van der Waals surface area contributed by atoms with Gasteiger partial charge in [0.15, 0.2) is 5.75 Å². The molecule has 0 aromatic carbocycles. The SMILES string of the molecule is N#CCCCCNS(=O)(=O)CC(=O)O. The Morgan fingerprint density at radius 1 is 1.43 bits per heavy atom. The molecule has 7 heteroatoms. The van der Waals surface area contributed by atoms with E-state index in [4.69, 9.17) is 10.4 Å². The molecular weight excluding hydrogens is 208 g/mol. The van der Waals surface area contributed by atoms with E-state index in [1.54, 1.807) is 0 Å². The molecule has 0 aliphatic rings. The van der Waals surface area contributed by atoms with Crippen LogP contribution in [0.4, 0.5) is 0 Å². The number of sulfonamides is 1. The molecule has 0 bridgehead atoms. The molecule has 0 aromatic heterocycles. The first-order valence-electron chi connectivity index (χ1n) is 4.04. The van der Waals surface area contributed by atoms with Crippen molar-refractivity contribution in [2.45, 2.75) is 19.3 Å². The molecule has 14 heavy (non-hydrogen) atoms. The van der Waals surface area contributed by atoms with Crippen molar-refractivity contribution in [2.24, 2.45) is 0 Å². The quantitative estimate of drug-likeness (QED) is 0.572. The van der Waals surface area contributed by atoms with Gasteiger partial charge < -0.3 is 5.11 Å². The van der Waals surface area contributed by atoms with Gasteiger partial charge in [-0.05, 0) is 12.8 Å². The summed E-state index contributed by atoms with van der Waals surface area (Å²) in [5.74, 6) is -2.29. The minimum absolute atomic E-state index is 0.178. The number of aliphatic carboxylic acids is 1. The molecule has 0 rings (SSSR count). The lowest BCUT2D eigenvalue weighted by Gasteiger charge is -2.02. The topological polar surface area (TPSA) is 107 Å². The summed E-state index contributed by atoms with van der Waals surface area (Å²) in [6.45, 7) is 0.178.